The van der Waals surface area contributed by atoms with Crippen LogP contribution in [0.25, 0.3) is 0 Å². The van der Waals surface area contributed by atoms with Gasteiger partial charge in [0.2, 0.25) is 11.8 Å². The van der Waals surface area contributed by atoms with E-state index in [1.165, 1.54) is 0 Å². The number of ether oxygens (including phenoxy) is 1. The summed E-state index contributed by atoms with van der Waals surface area (Å²) in [6, 6.07) is 16.5. The van der Waals surface area contributed by atoms with E-state index in [-0.39, 0.29) is 6.42 Å². The highest BCUT2D eigenvalue weighted by Crippen LogP contribution is 2.15. The number of amides is 3. The summed E-state index contributed by atoms with van der Waals surface area (Å²) in [6.07, 6.45) is -0.820. The van der Waals surface area contributed by atoms with Crippen molar-refractivity contribution < 1.29 is 24.2 Å². The van der Waals surface area contributed by atoms with Crippen LogP contribution in [0.4, 0.5) is 4.79 Å². The van der Waals surface area contributed by atoms with Crippen LogP contribution in [0.2, 0.25) is 0 Å². The van der Waals surface area contributed by atoms with Crippen molar-refractivity contribution in [1.29, 1.82) is 0 Å². The SMILES string of the molecule is CC(C)SC[C@H](O)[C@H](Cc1ccccc1)NC(=O)[C@H](C)NC(=O)[C@H](Cc1ccccc1)NC(=O)OC(C)(C)C. The number of benzene rings is 2. The van der Waals surface area contributed by atoms with Crippen molar-refractivity contribution in [3.8, 4) is 0 Å². The van der Waals surface area contributed by atoms with Crippen LogP contribution in [0.3, 0.4) is 0 Å². The van der Waals surface area contributed by atoms with E-state index in [2.05, 4.69) is 29.8 Å². The van der Waals surface area contributed by atoms with Gasteiger partial charge in [-0.15, -0.1) is 0 Å². The lowest BCUT2D eigenvalue weighted by Gasteiger charge is -2.27. The minimum atomic E-state index is -0.953. The molecule has 2 aromatic rings. The normalized spacial score (nSPS) is 14.6. The third-order valence-electron chi connectivity index (χ3n) is 5.73. The Kier molecular flexibility index (Phi) is 12.8. The Bertz CT molecular complexity index is 1040. The number of aliphatic hydroxyl groups excluding tert-OH is 1. The van der Waals surface area contributed by atoms with Gasteiger partial charge < -0.3 is 25.8 Å². The molecule has 0 bridgehead atoms. The second kappa shape index (κ2) is 15.5. The molecule has 0 aliphatic heterocycles. The molecule has 4 atom stereocenters. The number of aliphatic hydroxyl groups is 1. The second-order valence-electron chi connectivity index (χ2n) is 10.9. The second-order valence-corrected chi connectivity index (χ2v) is 12.5. The van der Waals surface area contributed by atoms with Crippen molar-refractivity contribution in [2.24, 2.45) is 0 Å². The zero-order valence-electron chi connectivity index (χ0n) is 23.8. The minimum absolute atomic E-state index is 0.224. The fraction of sp³-hybridized carbons (Fsp3) is 0.500. The highest BCUT2D eigenvalue weighted by atomic mass is 32.2. The number of rotatable bonds is 13. The van der Waals surface area contributed by atoms with E-state index in [0.29, 0.717) is 17.4 Å². The Balaban J connectivity index is 2.10. The molecular formula is C30H43N3O5S. The predicted octanol–water partition coefficient (Wildman–Crippen LogP) is 3.86. The first-order valence-electron chi connectivity index (χ1n) is 13.3. The number of hydrogen-bond acceptors (Lipinski definition) is 6. The molecule has 0 aromatic heterocycles. The molecule has 214 valence electrons. The van der Waals surface area contributed by atoms with E-state index in [4.69, 9.17) is 4.74 Å². The molecule has 39 heavy (non-hydrogen) atoms. The average Bonchev–Trinajstić information content (AvgIpc) is 2.86. The molecule has 0 saturated heterocycles. The third kappa shape index (κ3) is 12.6. The van der Waals surface area contributed by atoms with Gasteiger partial charge in [0.05, 0.1) is 12.1 Å². The van der Waals surface area contributed by atoms with E-state index in [0.717, 1.165) is 11.1 Å². The molecule has 8 nitrogen and oxygen atoms in total. The molecular weight excluding hydrogens is 514 g/mol. The van der Waals surface area contributed by atoms with Gasteiger partial charge in [0.25, 0.3) is 0 Å². The van der Waals surface area contributed by atoms with Crippen molar-refractivity contribution in [3.63, 3.8) is 0 Å². The van der Waals surface area contributed by atoms with Gasteiger partial charge in [-0.3, -0.25) is 9.59 Å². The zero-order valence-corrected chi connectivity index (χ0v) is 24.6. The van der Waals surface area contributed by atoms with Crippen LogP contribution < -0.4 is 16.0 Å². The van der Waals surface area contributed by atoms with E-state index < -0.39 is 47.7 Å². The highest BCUT2D eigenvalue weighted by molar-refractivity contribution is 7.99. The first-order chi connectivity index (χ1) is 18.3. The third-order valence-corrected chi connectivity index (χ3v) is 6.93. The van der Waals surface area contributed by atoms with Crippen LogP contribution in [0.1, 0.15) is 52.7 Å². The summed E-state index contributed by atoms with van der Waals surface area (Å²) in [4.78, 5) is 38.9. The molecule has 2 rings (SSSR count). The summed E-state index contributed by atoms with van der Waals surface area (Å²) in [5.41, 5.74) is 1.10. The molecule has 4 N–H and O–H groups in total. The molecule has 9 heteroatoms. The van der Waals surface area contributed by atoms with Crippen molar-refractivity contribution in [3.05, 3.63) is 71.8 Å². The van der Waals surface area contributed by atoms with Gasteiger partial charge in [-0.25, -0.2) is 4.79 Å². The van der Waals surface area contributed by atoms with E-state index in [1.54, 1.807) is 39.5 Å². The highest BCUT2D eigenvalue weighted by Gasteiger charge is 2.29. The zero-order chi connectivity index (χ0) is 29.0. The fourth-order valence-corrected chi connectivity index (χ4v) is 4.57. The first kappa shape index (κ1) is 32.2. The van der Waals surface area contributed by atoms with Crippen molar-refractivity contribution >= 4 is 29.7 Å². The Hall–Kier alpha value is -3.04. The van der Waals surface area contributed by atoms with Crippen molar-refractivity contribution in [2.45, 2.75) is 89.5 Å². The Labute approximate surface area is 236 Å². The molecule has 0 spiro atoms. The Morgan fingerprint density at radius 1 is 0.821 bits per heavy atom. The van der Waals surface area contributed by atoms with Crippen LogP contribution in [0.5, 0.6) is 0 Å². The quantitative estimate of drug-likeness (QED) is 0.297. The summed E-state index contributed by atoms with van der Waals surface area (Å²) in [5.74, 6) is -0.466. The number of alkyl carbamates (subject to hydrolysis) is 1. The summed E-state index contributed by atoms with van der Waals surface area (Å²) < 4.78 is 5.34. The van der Waals surface area contributed by atoms with E-state index >= 15 is 0 Å². The molecule has 3 amide bonds. The largest absolute Gasteiger partial charge is 0.444 e. The van der Waals surface area contributed by atoms with Crippen LogP contribution in [0, 0.1) is 0 Å². The van der Waals surface area contributed by atoms with Gasteiger partial charge in [-0.1, -0.05) is 74.5 Å². The van der Waals surface area contributed by atoms with E-state index in [1.807, 2.05) is 60.7 Å². The Morgan fingerprint density at radius 3 is 1.87 bits per heavy atom. The molecule has 0 aliphatic rings. The van der Waals surface area contributed by atoms with E-state index in [9.17, 15) is 19.5 Å². The maximum absolute atomic E-state index is 13.2. The molecule has 0 saturated carbocycles. The molecule has 0 aliphatic carbocycles. The summed E-state index contributed by atoms with van der Waals surface area (Å²) in [5, 5.41) is 19.5. The smallest absolute Gasteiger partial charge is 0.408 e. The number of thioether (sulfide) groups is 1. The lowest BCUT2D eigenvalue weighted by atomic mass is 10.0. The maximum Gasteiger partial charge on any atom is 0.408 e. The lowest BCUT2D eigenvalue weighted by Crippen LogP contribution is -2.56. The number of carbonyl (C=O) groups is 3. The average molecular weight is 558 g/mol. The summed E-state index contributed by atoms with van der Waals surface area (Å²) in [6.45, 7) is 10.9. The molecule has 2 aromatic carbocycles. The van der Waals surface area contributed by atoms with Gasteiger partial charge in [0.1, 0.15) is 17.7 Å². The predicted molar refractivity (Wildman–Crippen MR) is 157 cm³/mol. The number of nitrogens with one attached hydrogen (secondary N) is 3. The number of carbonyl (C=O) groups excluding carboxylic acids is 3. The minimum Gasteiger partial charge on any atom is -0.444 e. The summed E-state index contributed by atoms with van der Waals surface area (Å²) >= 11 is 1.62. The van der Waals surface area contributed by atoms with Crippen LogP contribution >= 0.6 is 11.8 Å². The topological polar surface area (TPSA) is 117 Å². The van der Waals surface area contributed by atoms with Gasteiger partial charge in [-0.2, -0.15) is 11.8 Å². The lowest BCUT2D eigenvalue weighted by molar-refractivity contribution is -0.130. The van der Waals surface area contributed by atoms with Gasteiger partial charge in [0.15, 0.2) is 0 Å². The molecule has 0 unspecified atom stereocenters. The fourth-order valence-electron chi connectivity index (χ4n) is 3.75. The van der Waals surface area contributed by atoms with Gasteiger partial charge in [0, 0.05) is 12.2 Å². The summed E-state index contributed by atoms with van der Waals surface area (Å²) in [7, 11) is 0. The molecule has 0 fully saturated rings. The van der Waals surface area contributed by atoms with Crippen molar-refractivity contribution in [1.82, 2.24) is 16.0 Å². The monoisotopic (exact) mass is 557 g/mol. The van der Waals surface area contributed by atoms with Crippen LogP contribution in [-0.4, -0.2) is 63.8 Å². The number of hydrogen-bond donors (Lipinski definition) is 4. The maximum atomic E-state index is 13.2. The Morgan fingerprint density at radius 2 is 1.36 bits per heavy atom. The van der Waals surface area contributed by atoms with Crippen LogP contribution in [0.15, 0.2) is 60.7 Å². The first-order valence-corrected chi connectivity index (χ1v) is 14.4. The van der Waals surface area contributed by atoms with Gasteiger partial charge >= 0.3 is 6.09 Å². The molecule has 0 radical (unpaired) electrons. The standard InChI is InChI=1S/C30H43N3O5S/c1-20(2)39-19-26(34)24(17-22-13-9-7-10-14-22)32-27(35)21(3)31-28(36)25(18-23-15-11-8-12-16-23)33-29(37)38-30(4,5)6/h7-16,20-21,24-26,34H,17-19H2,1-6H3,(H,31,36)(H,32,35)(H,33,37)/t21-,24-,25-,26-/m0/s1. The molecule has 0 heterocycles. The van der Waals surface area contributed by atoms with Crippen molar-refractivity contribution in [2.75, 3.05) is 5.75 Å². The van der Waals surface area contributed by atoms with Gasteiger partial charge in [-0.05, 0) is 50.5 Å². The van der Waals surface area contributed by atoms with Crippen LogP contribution in [-0.2, 0) is 27.2 Å².